The molecule has 7 nitrogen and oxygen atoms in total. The van der Waals surface area contributed by atoms with E-state index in [1.54, 1.807) is 14.2 Å². The van der Waals surface area contributed by atoms with Crippen LogP contribution in [0.5, 0.6) is 11.5 Å². The van der Waals surface area contributed by atoms with Crippen LogP contribution in [0.3, 0.4) is 0 Å². The maximum Gasteiger partial charge on any atom is 0.319 e. The van der Waals surface area contributed by atoms with Gasteiger partial charge in [0.15, 0.2) is 11.5 Å². The van der Waals surface area contributed by atoms with E-state index in [1.807, 2.05) is 63.5 Å². The van der Waals surface area contributed by atoms with Crippen molar-refractivity contribution in [2.24, 2.45) is 0 Å². The molecule has 2 aromatic carbocycles. The Kier molecular flexibility index (Phi) is 7.31. The van der Waals surface area contributed by atoms with E-state index < -0.39 is 0 Å². The SMILES string of the molecule is COc1ccc(-c2cc(NC(=O)NCCCN(C)C)c3cc(C)ccc3n2)cc1OC. The van der Waals surface area contributed by atoms with E-state index in [1.165, 1.54) is 0 Å². The van der Waals surface area contributed by atoms with Gasteiger partial charge in [-0.3, -0.25) is 0 Å². The maximum absolute atomic E-state index is 12.5. The Morgan fingerprint density at radius 3 is 2.52 bits per heavy atom. The number of rotatable bonds is 8. The van der Waals surface area contributed by atoms with Gasteiger partial charge in [0, 0.05) is 17.5 Å². The zero-order valence-electron chi connectivity index (χ0n) is 18.8. The minimum Gasteiger partial charge on any atom is -0.493 e. The van der Waals surface area contributed by atoms with Crippen molar-refractivity contribution in [1.29, 1.82) is 0 Å². The van der Waals surface area contributed by atoms with Gasteiger partial charge in [-0.2, -0.15) is 0 Å². The van der Waals surface area contributed by atoms with Crippen LogP contribution in [0.1, 0.15) is 12.0 Å². The molecule has 0 fully saturated rings. The lowest BCUT2D eigenvalue weighted by Gasteiger charge is -2.14. The molecular weight excluding hydrogens is 392 g/mol. The Bertz CT molecular complexity index is 1070. The van der Waals surface area contributed by atoms with Gasteiger partial charge in [0.1, 0.15) is 0 Å². The van der Waals surface area contributed by atoms with Crippen molar-refractivity contribution in [3.63, 3.8) is 0 Å². The first kappa shape index (κ1) is 22.4. The monoisotopic (exact) mass is 422 g/mol. The molecule has 0 aliphatic carbocycles. The predicted octanol–water partition coefficient (Wildman–Crippen LogP) is 4.30. The van der Waals surface area contributed by atoms with Crippen LogP contribution in [0.2, 0.25) is 0 Å². The van der Waals surface area contributed by atoms with E-state index in [9.17, 15) is 4.79 Å². The van der Waals surface area contributed by atoms with Crippen molar-refractivity contribution in [3.05, 3.63) is 48.0 Å². The molecule has 0 bridgehead atoms. The van der Waals surface area contributed by atoms with Crippen LogP contribution in [0.4, 0.5) is 10.5 Å². The Morgan fingerprint density at radius 1 is 1.03 bits per heavy atom. The quantitative estimate of drug-likeness (QED) is 0.530. The molecule has 0 radical (unpaired) electrons. The molecule has 0 saturated carbocycles. The Morgan fingerprint density at radius 2 is 1.81 bits per heavy atom. The topological polar surface area (TPSA) is 75.7 Å². The number of hydrogen-bond acceptors (Lipinski definition) is 5. The van der Waals surface area contributed by atoms with Crippen LogP contribution in [0.15, 0.2) is 42.5 Å². The highest BCUT2D eigenvalue weighted by atomic mass is 16.5. The average molecular weight is 423 g/mol. The second-order valence-corrected chi connectivity index (χ2v) is 7.68. The molecule has 7 heteroatoms. The number of amides is 2. The van der Waals surface area contributed by atoms with Crippen molar-refractivity contribution in [3.8, 4) is 22.8 Å². The van der Waals surface area contributed by atoms with E-state index >= 15 is 0 Å². The van der Waals surface area contributed by atoms with E-state index in [0.717, 1.165) is 40.7 Å². The van der Waals surface area contributed by atoms with Gasteiger partial charge in [-0.1, -0.05) is 11.6 Å². The maximum atomic E-state index is 12.5. The summed E-state index contributed by atoms with van der Waals surface area (Å²) >= 11 is 0. The summed E-state index contributed by atoms with van der Waals surface area (Å²) in [7, 11) is 7.24. The molecular formula is C24H30N4O3. The van der Waals surface area contributed by atoms with E-state index in [2.05, 4.69) is 15.5 Å². The van der Waals surface area contributed by atoms with Gasteiger partial charge in [0.2, 0.25) is 0 Å². The summed E-state index contributed by atoms with van der Waals surface area (Å²) < 4.78 is 10.8. The molecule has 3 aromatic rings. The number of aryl methyl sites for hydroxylation is 1. The number of urea groups is 1. The molecule has 0 aliphatic rings. The number of carbonyl (C=O) groups is 1. The van der Waals surface area contributed by atoms with Crippen LogP contribution >= 0.6 is 0 Å². The molecule has 1 heterocycles. The second-order valence-electron chi connectivity index (χ2n) is 7.68. The number of ether oxygens (including phenoxy) is 2. The van der Waals surface area contributed by atoms with Gasteiger partial charge in [-0.05, 0) is 70.4 Å². The first-order chi connectivity index (χ1) is 14.9. The third-order valence-corrected chi connectivity index (χ3v) is 4.96. The zero-order valence-corrected chi connectivity index (χ0v) is 18.8. The molecule has 31 heavy (non-hydrogen) atoms. The summed E-state index contributed by atoms with van der Waals surface area (Å²) in [6.45, 7) is 3.54. The van der Waals surface area contributed by atoms with Crippen LogP contribution < -0.4 is 20.1 Å². The normalized spacial score (nSPS) is 10.9. The van der Waals surface area contributed by atoms with Gasteiger partial charge in [0.25, 0.3) is 0 Å². The summed E-state index contributed by atoms with van der Waals surface area (Å²) in [4.78, 5) is 19.4. The van der Waals surface area contributed by atoms with Crippen molar-refractivity contribution >= 4 is 22.6 Å². The molecule has 2 N–H and O–H groups in total. The molecule has 0 saturated heterocycles. The summed E-state index contributed by atoms with van der Waals surface area (Å²) in [5.74, 6) is 1.28. The van der Waals surface area contributed by atoms with Crippen molar-refractivity contribution in [1.82, 2.24) is 15.2 Å². The highest BCUT2D eigenvalue weighted by molar-refractivity contribution is 6.02. The Hall–Kier alpha value is -3.32. The summed E-state index contributed by atoms with van der Waals surface area (Å²) in [5.41, 5.74) is 4.22. The van der Waals surface area contributed by atoms with Crippen LogP contribution in [-0.2, 0) is 0 Å². The van der Waals surface area contributed by atoms with Gasteiger partial charge in [-0.15, -0.1) is 0 Å². The van der Waals surface area contributed by atoms with Gasteiger partial charge in [0.05, 0.1) is 31.1 Å². The number of carbonyl (C=O) groups excluding carboxylic acids is 1. The highest BCUT2D eigenvalue weighted by Gasteiger charge is 2.13. The van der Waals surface area contributed by atoms with Crippen LogP contribution in [0, 0.1) is 6.92 Å². The van der Waals surface area contributed by atoms with E-state index in [-0.39, 0.29) is 6.03 Å². The molecule has 2 amide bonds. The fourth-order valence-corrected chi connectivity index (χ4v) is 3.35. The number of hydrogen-bond donors (Lipinski definition) is 2. The third kappa shape index (κ3) is 5.64. The first-order valence-corrected chi connectivity index (χ1v) is 10.2. The second kappa shape index (κ2) is 10.1. The molecule has 3 rings (SSSR count). The first-order valence-electron chi connectivity index (χ1n) is 10.2. The number of anilines is 1. The number of nitrogens with zero attached hydrogens (tertiary/aromatic N) is 2. The zero-order chi connectivity index (χ0) is 22.4. The fraction of sp³-hybridized carbons (Fsp3) is 0.333. The van der Waals surface area contributed by atoms with Gasteiger partial charge >= 0.3 is 6.03 Å². The minimum atomic E-state index is -0.231. The number of pyridine rings is 1. The van der Waals surface area contributed by atoms with Crippen LogP contribution in [-0.4, -0.2) is 57.3 Å². The van der Waals surface area contributed by atoms with Gasteiger partial charge in [-0.25, -0.2) is 9.78 Å². The molecule has 1 aromatic heterocycles. The van der Waals surface area contributed by atoms with E-state index in [0.29, 0.717) is 23.7 Å². The number of methoxy groups -OCH3 is 2. The van der Waals surface area contributed by atoms with Gasteiger partial charge < -0.3 is 25.0 Å². The van der Waals surface area contributed by atoms with E-state index in [4.69, 9.17) is 14.5 Å². The van der Waals surface area contributed by atoms with Crippen molar-refractivity contribution < 1.29 is 14.3 Å². The molecule has 0 spiro atoms. The average Bonchev–Trinajstić information content (AvgIpc) is 2.76. The molecule has 0 atom stereocenters. The fourth-order valence-electron chi connectivity index (χ4n) is 3.35. The molecule has 0 aliphatic heterocycles. The standard InChI is InChI=1S/C24H30N4O3/c1-16-7-9-19-18(13-16)21(27-24(29)25-11-6-12-28(2)3)15-20(26-19)17-8-10-22(30-4)23(14-17)31-5/h7-10,13-15H,6,11-12H2,1-5H3,(H2,25,26,27,29). The lowest BCUT2D eigenvalue weighted by Crippen LogP contribution is -2.31. The van der Waals surface area contributed by atoms with Crippen LogP contribution in [0.25, 0.3) is 22.2 Å². The van der Waals surface area contributed by atoms with Crippen molar-refractivity contribution in [2.45, 2.75) is 13.3 Å². The number of benzene rings is 2. The Labute approximate surface area is 183 Å². The molecule has 164 valence electrons. The third-order valence-electron chi connectivity index (χ3n) is 4.96. The lowest BCUT2D eigenvalue weighted by atomic mass is 10.1. The summed E-state index contributed by atoms with van der Waals surface area (Å²) in [6, 6.07) is 13.3. The minimum absolute atomic E-state index is 0.231. The predicted molar refractivity (Wildman–Crippen MR) is 125 cm³/mol. The number of fused-ring (bicyclic) bond motifs is 1. The lowest BCUT2D eigenvalue weighted by molar-refractivity contribution is 0.251. The molecule has 0 unspecified atom stereocenters. The highest BCUT2D eigenvalue weighted by Crippen LogP contribution is 2.34. The summed E-state index contributed by atoms with van der Waals surface area (Å²) in [6.07, 6.45) is 0.882. The number of aromatic nitrogens is 1. The largest absolute Gasteiger partial charge is 0.493 e. The van der Waals surface area contributed by atoms with Crippen molar-refractivity contribution in [2.75, 3.05) is 46.7 Å². The number of nitrogens with one attached hydrogen (secondary N) is 2. The summed E-state index contributed by atoms with van der Waals surface area (Å²) in [5, 5.41) is 6.82. The smallest absolute Gasteiger partial charge is 0.319 e. The Balaban J connectivity index is 1.93.